The van der Waals surface area contributed by atoms with Gasteiger partial charge in [0.15, 0.2) is 17.2 Å². The zero-order valence-corrected chi connectivity index (χ0v) is 9.90. The van der Waals surface area contributed by atoms with Gasteiger partial charge in [-0.3, -0.25) is 4.79 Å². The van der Waals surface area contributed by atoms with Gasteiger partial charge in [-0.25, -0.2) is 14.6 Å². The van der Waals surface area contributed by atoms with Crippen molar-refractivity contribution in [2.45, 2.75) is 0 Å². The predicted molar refractivity (Wildman–Crippen MR) is 61.9 cm³/mol. The van der Waals surface area contributed by atoms with Gasteiger partial charge in [0.1, 0.15) is 6.07 Å². The second-order valence-electron chi connectivity index (χ2n) is 3.72. The molecule has 0 N–H and O–H groups in total. The number of hydrogen-bond acceptors (Lipinski definition) is 5. The minimum absolute atomic E-state index is 0.185. The molecular weight excluding hydrogens is 232 g/mol. The molecule has 7 heteroatoms. The molecule has 18 heavy (non-hydrogen) atoms. The Morgan fingerprint density at radius 1 is 1.39 bits per heavy atom. The van der Waals surface area contributed by atoms with Crippen LogP contribution in [0.2, 0.25) is 0 Å². The normalized spacial score (nSPS) is 9.83. The Kier molecular flexibility index (Phi) is 3.02. The molecule has 0 fully saturated rings. The third-order valence-corrected chi connectivity index (χ3v) is 2.20. The summed E-state index contributed by atoms with van der Waals surface area (Å²) in [6.45, 7) is 0. The van der Waals surface area contributed by atoms with Gasteiger partial charge in [-0.2, -0.15) is 10.4 Å². The molecule has 90 valence electrons. The van der Waals surface area contributed by atoms with Crippen LogP contribution in [0.5, 0.6) is 0 Å². The van der Waals surface area contributed by atoms with E-state index >= 15 is 0 Å². The van der Waals surface area contributed by atoms with Crippen molar-refractivity contribution in [2.24, 2.45) is 0 Å². The molecule has 2 aromatic rings. The highest BCUT2D eigenvalue weighted by Gasteiger charge is 2.12. The highest BCUT2D eigenvalue weighted by Crippen LogP contribution is 2.05. The van der Waals surface area contributed by atoms with Crippen LogP contribution in [0.15, 0.2) is 24.7 Å². The second-order valence-corrected chi connectivity index (χ2v) is 3.72. The summed E-state index contributed by atoms with van der Waals surface area (Å²) >= 11 is 0. The van der Waals surface area contributed by atoms with E-state index in [9.17, 15) is 4.79 Å². The van der Waals surface area contributed by atoms with Crippen molar-refractivity contribution in [3.05, 3.63) is 36.0 Å². The van der Waals surface area contributed by atoms with Crippen LogP contribution in [0.4, 0.5) is 0 Å². The summed E-state index contributed by atoms with van der Waals surface area (Å²) in [5.41, 5.74) is 0.557. The third kappa shape index (κ3) is 2.17. The molecule has 0 aliphatic heterocycles. The lowest BCUT2D eigenvalue weighted by atomic mass is 10.4. The van der Waals surface area contributed by atoms with Gasteiger partial charge in [-0.05, 0) is 6.07 Å². The molecular formula is C11H10N6O. The fraction of sp³-hybridized carbons (Fsp3) is 0.182. The van der Waals surface area contributed by atoms with E-state index in [-0.39, 0.29) is 11.6 Å². The largest absolute Gasteiger partial charge is 0.343 e. The van der Waals surface area contributed by atoms with Crippen LogP contribution in [0.25, 0.3) is 5.82 Å². The minimum atomic E-state index is -0.185. The predicted octanol–water partition coefficient (Wildman–Crippen LogP) is 0.236. The maximum Gasteiger partial charge on any atom is 0.273 e. The smallest absolute Gasteiger partial charge is 0.273 e. The summed E-state index contributed by atoms with van der Waals surface area (Å²) in [7, 11) is 3.31. The molecule has 1 amide bonds. The van der Waals surface area contributed by atoms with Crippen molar-refractivity contribution in [3.63, 3.8) is 0 Å². The van der Waals surface area contributed by atoms with Gasteiger partial charge in [-0.15, -0.1) is 0 Å². The van der Waals surface area contributed by atoms with Gasteiger partial charge in [-0.1, -0.05) is 0 Å². The minimum Gasteiger partial charge on any atom is -0.343 e. The number of aromatic nitrogens is 4. The van der Waals surface area contributed by atoms with Crippen molar-refractivity contribution in [3.8, 4) is 11.9 Å². The monoisotopic (exact) mass is 242 g/mol. The van der Waals surface area contributed by atoms with Crippen molar-refractivity contribution < 1.29 is 4.79 Å². The van der Waals surface area contributed by atoms with Crippen LogP contribution < -0.4 is 0 Å². The molecule has 0 unspecified atom stereocenters. The molecule has 0 spiro atoms. The Balaban J connectivity index is 2.29. The summed E-state index contributed by atoms with van der Waals surface area (Å²) in [4.78, 5) is 21.0. The lowest BCUT2D eigenvalue weighted by Gasteiger charge is -2.06. The number of carbonyl (C=O) groups is 1. The first kappa shape index (κ1) is 11.7. The first-order valence-corrected chi connectivity index (χ1v) is 5.11. The maximum atomic E-state index is 11.7. The molecule has 0 saturated heterocycles. The summed E-state index contributed by atoms with van der Waals surface area (Å²) in [5, 5.41) is 12.7. The summed E-state index contributed by atoms with van der Waals surface area (Å²) in [6.07, 6.45) is 4.40. The Bertz CT molecular complexity index is 607. The quantitative estimate of drug-likeness (QED) is 0.752. The lowest BCUT2D eigenvalue weighted by Crippen LogP contribution is -2.22. The molecule has 0 bridgehead atoms. The van der Waals surface area contributed by atoms with Gasteiger partial charge >= 0.3 is 0 Å². The average molecular weight is 242 g/mol. The van der Waals surface area contributed by atoms with E-state index in [1.165, 1.54) is 22.0 Å². The molecule has 7 nitrogen and oxygen atoms in total. The summed E-state index contributed by atoms with van der Waals surface area (Å²) in [6, 6.07) is 3.48. The topological polar surface area (TPSA) is 87.7 Å². The van der Waals surface area contributed by atoms with Gasteiger partial charge in [0.25, 0.3) is 5.91 Å². The fourth-order valence-electron chi connectivity index (χ4n) is 1.29. The standard InChI is InChI=1S/C11H10N6O/c1-16(2)11(18)9-3-4-17(15-9)10-7-13-8(5-12)6-14-10/h3-4,6-7H,1-2H3. The van der Waals surface area contributed by atoms with Gasteiger partial charge in [0.2, 0.25) is 0 Å². The Morgan fingerprint density at radius 2 is 2.17 bits per heavy atom. The first-order valence-electron chi connectivity index (χ1n) is 5.11. The maximum absolute atomic E-state index is 11.7. The zero-order valence-electron chi connectivity index (χ0n) is 9.90. The third-order valence-electron chi connectivity index (χ3n) is 2.20. The molecule has 0 aliphatic carbocycles. The number of nitrogens with zero attached hydrogens (tertiary/aromatic N) is 6. The number of rotatable bonds is 2. The first-order chi connectivity index (χ1) is 8.61. The van der Waals surface area contributed by atoms with Crippen LogP contribution in [0.1, 0.15) is 16.2 Å². The molecule has 2 heterocycles. The molecule has 0 radical (unpaired) electrons. The van der Waals surface area contributed by atoms with Crippen molar-refractivity contribution in [2.75, 3.05) is 14.1 Å². The highest BCUT2D eigenvalue weighted by molar-refractivity contribution is 5.91. The Labute approximate surface area is 103 Å². The van der Waals surface area contributed by atoms with E-state index < -0.39 is 0 Å². The van der Waals surface area contributed by atoms with Crippen LogP contribution in [-0.4, -0.2) is 44.7 Å². The SMILES string of the molecule is CN(C)C(=O)c1ccn(-c2cnc(C#N)cn2)n1. The van der Waals surface area contributed by atoms with Gasteiger partial charge < -0.3 is 4.90 Å². The fourth-order valence-corrected chi connectivity index (χ4v) is 1.29. The lowest BCUT2D eigenvalue weighted by molar-refractivity contribution is 0.0821. The van der Waals surface area contributed by atoms with Gasteiger partial charge in [0, 0.05) is 20.3 Å². The van der Waals surface area contributed by atoms with Crippen LogP contribution in [0.3, 0.4) is 0 Å². The molecule has 2 aromatic heterocycles. The van der Waals surface area contributed by atoms with Crippen LogP contribution in [-0.2, 0) is 0 Å². The molecule has 0 aliphatic rings. The van der Waals surface area contributed by atoms with Crippen molar-refractivity contribution >= 4 is 5.91 Å². The van der Waals surface area contributed by atoms with Gasteiger partial charge in [0.05, 0.1) is 12.4 Å². The van der Waals surface area contributed by atoms with E-state index in [1.54, 1.807) is 26.4 Å². The van der Waals surface area contributed by atoms with E-state index in [1.807, 2.05) is 6.07 Å². The number of hydrogen-bond donors (Lipinski definition) is 0. The van der Waals surface area contributed by atoms with E-state index in [0.717, 1.165) is 0 Å². The number of amides is 1. The molecule has 0 saturated carbocycles. The van der Waals surface area contributed by atoms with E-state index in [4.69, 9.17) is 5.26 Å². The summed E-state index contributed by atoms with van der Waals surface area (Å²) < 4.78 is 1.44. The summed E-state index contributed by atoms with van der Waals surface area (Å²) in [5.74, 6) is 0.266. The number of nitriles is 1. The van der Waals surface area contributed by atoms with E-state index in [0.29, 0.717) is 11.5 Å². The Morgan fingerprint density at radius 3 is 2.72 bits per heavy atom. The zero-order chi connectivity index (χ0) is 13.1. The number of carbonyl (C=O) groups excluding carboxylic acids is 1. The highest BCUT2D eigenvalue weighted by atomic mass is 16.2. The molecule has 2 rings (SSSR count). The van der Waals surface area contributed by atoms with Crippen LogP contribution >= 0.6 is 0 Å². The average Bonchev–Trinajstić information content (AvgIpc) is 2.87. The van der Waals surface area contributed by atoms with Crippen LogP contribution in [0, 0.1) is 11.3 Å². The van der Waals surface area contributed by atoms with Crippen molar-refractivity contribution in [1.82, 2.24) is 24.6 Å². The molecule has 0 aromatic carbocycles. The van der Waals surface area contributed by atoms with Crippen molar-refractivity contribution in [1.29, 1.82) is 5.26 Å². The molecule has 0 atom stereocenters. The Hall–Kier alpha value is -2.75. The van der Waals surface area contributed by atoms with E-state index in [2.05, 4.69) is 15.1 Å². The second kappa shape index (κ2) is 4.63.